The summed E-state index contributed by atoms with van der Waals surface area (Å²) in [6, 6.07) is 6.78. The molecule has 0 unspecified atom stereocenters. The molecule has 0 aliphatic rings. The second kappa shape index (κ2) is 9.36. The first-order valence-electron chi connectivity index (χ1n) is 8.48. The number of ether oxygens (including phenoxy) is 2. The maximum absolute atomic E-state index is 14.5. The van der Waals surface area contributed by atoms with E-state index in [4.69, 9.17) is 15.2 Å². The molecule has 2 aromatic carbocycles. The summed E-state index contributed by atoms with van der Waals surface area (Å²) in [4.78, 5) is 24.4. The van der Waals surface area contributed by atoms with Gasteiger partial charge in [0.15, 0.2) is 11.5 Å². The molecule has 6 nitrogen and oxygen atoms in total. The summed E-state index contributed by atoms with van der Waals surface area (Å²) < 4.78 is 24.8. The first-order valence-corrected chi connectivity index (χ1v) is 8.48. The standard InChI is InChI=1S/C22H21FN2O4/c1-5-7-13(6-2)15-9-8-14(10-17(15)23)22(27)25-18-12-20(29-4)19(28-3)11-16(18)21(24)26/h5-12H,1-2H2,3-4H3,(H2,24,26)(H,25,27)/b13-7+. The summed E-state index contributed by atoms with van der Waals surface area (Å²) in [5.74, 6) is -1.43. The van der Waals surface area contributed by atoms with Crippen molar-refractivity contribution < 1.29 is 23.5 Å². The Kier molecular flexibility index (Phi) is 6.92. The quantitative estimate of drug-likeness (QED) is 0.661. The highest BCUT2D eigenvalue weighted by Crippen LogP contribution is 2.33. The zero-order valence-corrected chi connectivity index (χ0v) is 16.1. The van der Waals surface area contributed by atoms with Crippen molar-refractivity contribution in [2.24, 2.45) is 5.73 Å². The van der Waals surface area contributed by atoms with Crippen LogP contribution in [0.3, 0.4) is 0 Å². The zero-order valence-electron chi connectivity index (χ0n) is 16.1. The van der Waals surface area contributed by atoms with E-state index < -0.39 is 17.6 Å². The van der Waals surface area contributed by atoms with Crippen LogP contribution < -0.4 is 20.5 Å². The Labute approximate surface area is 168 Å². The topological polar surface area (TPSA) is 90.7 Å². The minimum atomic E-state index is -0.770. The first-order chi connectivity index (χ1) is 13.9. The number of methoxy groups -OCH3 is 2. The molecule has 0 radical (unpaired) electrons. The predicted molar refractivity (Wildman–Crippen MR) is 111 cm³/mol. The van der Waals surface area contributed by atoms with Crippen molar-refractivity contribution in [1.82, 2.24) is 0 Å². The fourth-order valence-corrected chi connectivity index (χ4v) is 2.67. The van der Waals surface area contributed by atoms with Crippen LogP contribution in [0.15, 0.2) is 61.7 Å². The van der Waals surface area contributed by atoms with Crippen LogP contribution in [0.1, 0.15) is 26.3 Å². The highest BCUT2D eigenvalue weighted by Gasteiger charge is 2.18. The molecule has 0 saturated carbocycles. The lowest BCUT2D eigenvalue weighted by Crippen LogP contribution is -2.19. The number of halogens is 1. The Morgan fingerprint density at radius 1 is 1.07 bits per heavy atom. The van der Waals surface area contributed by atoms with Crippen LogP contribution >= 0.6 is 0 Å². The summed E-state index contributed by atoms with van der Waals surface area (Å²) in [6.07, 6.45) is 4.61. The van der Waals surface area contributed by atoms with E-state index in [0.717, 1.165) is 6.07 Å². The molecule has 0 aliphatic heterocycles. The van der Waals surface area contributed by atoms with Gasteiger partial charge in [0.05, 0.1) is 25.5 Å². The van der Waals surface area contributed by atoms with Crippen molar-refractivity contribution in [3.63, 3.8) is 0 Å². The molecule has 7 heteroatoms. The predicted octanol–water partition coefficient (Wildman–Crippen LogP) is 3.95. The van der Waals surface area contributed by atoms with Crippen molar-refractivity contribution in [1.29, 1.82) is 0 Å². The molecule has 2 amide bonds. The summed E-state index contributed by atoms with van der Waals surface area (Å²) in [7, 11) is 2.82. The average Bonchev–Trinajstić information content (AvgIpc) is 2.71. The second-order valence-electron chi connectivity index (χ2n) is 5.83. The van der Waals surface area contributed by atoms with Gasteiger partial charge in [-0.05, 0) is 23.8 Å². The smallest absolute Gasteiger partial charge is 0.255 e. The number of carbonyl (C=O) groups is 2. The molecule has 0 fully saturated rings. The molecule has 2 aromatic rings. The third-order valence-electron chi connectivity index (χ3n) is 4.10. The van der Waals surface area contributed by atoms with Crippen LogP contribution in [0.2, 0.25) is 0 Å². The lowest BCUT2D eigenvalue weighted by molar-refractivity contribution is 0.100. The first kappa shape index (κ1) is 21.4. The van der Waals surface area contributed by atoms with Crippen molar-refractivity contribution in [3.05, 3.63) is 84.2 Å². The van der Waals surface area contributed by atoms with Crippen LogP contribution in [-0.4, -0.2) is 26.0 Å². The number of primary amides is 1. The van der Waals surface area contributed by atoms with Crippen LogP contribution in [-0.2, 0) is 0 Å². The van der Waals surface area contributed by atoms with Crippen molar-refractivity contribution >= 4 is 23.1 Å². The fourth-order valence-electron chi connectivity index (χ4n) is 2.67. The molecule has 0 aliphatic carbocycles. The lowest BCUT2D eigenvalue weighted by atomic mass is 10.0. The van der Waals surface area contributed by atoms with Gasteiger partial charge in [0.25, 0.3) is 11.8 Å². The van der Waals surface area contributed by atoms with Crippen molar-refractivity contribution in [3.8, 4) is 11.5 Å². The number of nitrogens with one attached hydrogen (secondary N) is 1. The number of benzene rings is 2. The molecule has 0 atom stereocenters. The minimum absolute atomic E-state index is 0.0240. The number of hydrogen-bond acceptors (Lipinski definition) is 4. The molecule has 0 heterocycles. The van der Waals surface area contributed by atoms with E-state index in [0.29, 0.717) is 11.3 Å². The Balaban J connectivity index is 2.41. The number of allylic oxidation sites excluding steroid dienone is 4. The summed E-state index contributed by atoms with van der Waals surface area (Å²) in [5, 5.41) is 2.56. The van der Waals surface area contributed by atoms with Crippen molar-refractivity contribution in [2.45, 2.75) is 0 Å². The van der Waals surface area contributed by atoms with E-state index in [1.165, 1.54) is 50.6 Å². The number of carbonyl (C=O) groups excluding carboxylic acids is 2. The molecule has 2 rings (SSSR count). The van der Waals surface area contributed by atoms with E-state index in [2.05, 4.69) is 18.5 Å². The van der Waals surface area contributed by atoms with E-state index in [9.17, 15) is 14.0 Å². The Morgan fingerprint density at radius 2 is 1.72 bits per heavy atom. The number of nitrogens with two attached hydrogens (primary N) is 1. The molecular weight excluding hydrogens is 375 g/mol. The van der Waals surface area contributed by atoms with Gasteiger partial charge >= 0.3 is 0 Å². The van der Waals surface area contributed by atoms with Crippen LogP contribution in [0.5, 0.6) is 11.5 Å². The third-order valence-corrected chi connectivity index (χ3v) is 4.10. The number of hydrogen-bond donors (Lipinski definition) is 2. The molecule has 29 heavy (non-hydrogen) atoms. The molecule has 3 N–H and O–H groups in total. The number of amides is 2. The molecular formula is C22H21FN2O4. The number of rotatable bonds is 8. The van der Waals surface area contributed by atoms with Gasteiger partial charge in [-0.1, -0.05) is 37.5 Å². The van der Waals surface area contributed by atoms with Gasteiger partial charge in [0.2, 0.25) is 0 Å². The molecule has 0 aromatic heterocycles. The van der Waals surface area contributed by atoms with Gasteiger partial charge in [0.1, 0.15) is 5.82 Å². The number of anilines is 1. The van der Waals surface area contributed by atoms with Gasteiger partial charge in [0, 0.05) is 17.2 Å². The van der Waals surface area contributed by atoms with Gasteiger partial charge in [-0.2, -0.15) is 0 Å². The summed E-state index contributed by atoms with van der Waals surface area (Å²) >= 11 is 0. The third kappa shape index (κ3) is 4.70. The Bertz CT molecular complexity index is 1010. The van der Waals surface area contributed by atoms with E-state index in [-0.39, 0.29) is 28.1 Å². The summed E-state index contributed by atoms with van der Waals surface area (Å²) in [6.45, 7) is 7.22. The van der Waals surface area contributed by atoms with Crippen LogP contribution in [0, 0.1) is 5.82 Å². The second-order valence-corrected chi connectivity index (χ2v) is 5.83. The molecule has 0 saturated heterocycles. The largest absolute Gasteiger partial charge is 0.493 e. The van der Waals surface area contributed by atoms with Gasteiger partial charge in [-0.3, -0.25) is 9.59 Å². The summed E-state index contributed by atoms with van der Waals surface area (Å²) in [5.41, 5.74) is 6.39. The fraction of sp³-hybridized carbons (Fsp3) is 0.0909. The molecule has 0 bridgehead atoms. The Morgan fingerprint density at radius 3 is 2.24 bits per heavy atom. The van der Waals surface area contributed by atoms with E-state index >= 15 is 0 Å². The monoisotopic (exact) mass is 396 g/mol. The minimum Gasteiger partial charge on any atom is -0.493 e. The maximum atomic E-state index is 14.5. The van der Waals surface area contributed by atoms with Crippen LogP contribution in [0.4, 0.5) is 10.1 Å². The highest BCUT2D eigenvalue weighted by molar-refractivity contribution is 6.09. The van der Waals surface area contributed by atoms with Crippen LogP contribution in [0.25, 0.3) is 5.57 Å². The molecule has 150 valence electrons. The lowest BCUT2D eigenvalue weighted by Gasteiger charge is -2.14. The van der Waals surface area contributed by atoms with E-state index in [1.54, 1.807) is 6.08 Å². The average molecular weight is 396 g/mol. The van der Waals surface area contributed by atoms with E-state index in [1.807, 2.05) is 0 Å². The molecule has 0 spiro atoms. The van der Waals surface area contributed by atoms with Gasteiger partial charge in [-0.25, -0.2) is 4.39 Å². The van der Waals surface area contributed by atoms with Gasteiger partial charge < -0.3 is 20.5 Å². The normalized spacial score (nSPS) is 10.8. The highest BCUT2D eigenvalue weighted by atomic mass is 19.1. The zero-order chi connectivity index (χ0) is 21.6. The SMILES string of the molecule is C=C/C=C(\C=C)c1ccc(C(=O)Nc2cc(OC)c(OC)cc2C(N)=O)cc1F. The Hall–Kier alpha value is -3.87. The maximum Gasteiger partial charge on any atom is 0.255 e. The van der Waals surface area contributed by atoms with Gasteiger partial charge in [-0.15, -0.1) is 0 Å². The van der Waals surface area contributed by atoms with Crippen molar-refractivity contribution in [2.75, 3.05) is 19.5 Å².